The molecule has 3 heterocycles. The minimum atomic E-state index is 0.0673. The number of urea groups is 1. The van der Waals surface area contributed by atoms with Crippen LogP contribution in [0.2, 0.25) is 0 Å². The normalized spacial score (nSPS) is 30.5. The van der Waals surface area contributed by atoms with Crippen molar-refractivity contribution in [1.82, 2.24) is 10.2 Å². The molecule has 5 heteroatoms. The highest BCUT2D eigenvalue weighted by Crippen LogP contribution is 2.47. The number of likely N-dealkylation sites (tertiary alicyclic amines) is 1. The summed E-state index contributed by atoms with van der Waals surface area (Å²) in [6.07, 6.45) is 3.94. The van der Waals surface area contributed by atoms with Gasteiger partial charge in [0.05, 0.1) is 18.8 Å². The smallest absolute Gasteiger partial charge is 0.317 e. The van der Waals surface area contributed by atoms with Crippen LogP contribution in [0.15, 0.2) is 24.3 Å². The van der Waals surface area contributed by atoms with Crippen LogP contribution in [0, 0.1) is 11.8 Å². The van der Waals surface area contributed by atoms with Crippen molar-refractivity contribution in [2.24, 2.45) is 11.8 Å². The number of carbonyl (C=O) groups excluding carboxylic acids is 1. The van der Waals surface area contributed by atoms with Gasteiger partial charge in [-0.05, 0) is 37.8 Å². The number of fused-ring (bicyclic) bond motifs is 5. The SMILES string of the molecule is CCOc1ccccc1CCNC(=O)N1C[C@H]2[C@H](C1)[C@H]1CC[C@H]2O1. The molecule has 5 nitrogen and oxygen atoms in total. The van der Waals surface area contributed by atoms with Gasteiger partial charge in [-0.15, -0.1) is 0 Å². The number of rotatable bonds is 5. The molecule has 3 saturated heterocycles. The topological polar surface area (TPSA) is 50.8 Å². The van der Waals surface area contributed by atoms with E-state index in [4.69, 9.17) is 9.47 Å². The summed E-state index contributed by atoms with van der Waals surface area (Å²) in [6, 6.07) is 8.10. The van der Waals surface area contributed by atoms with E-state index in [1.54, 1.807) is 0 Å². The van der Waals surface area contributed by atoms with E-state index in [1.165, 1.54) is 12.8 Å². The third kappa shape index (κ3) is 2.86. The Balaban J connectivity index is 1.27. The Morgan fingerprint density at radius 2 is 1.96 bits per heavy atom. The Morgan fingerprint density at radius 3 is 2.67 bits per heavy atom. The molecule has 1 N–H and O–H groups in total. The number of ether oxygens (including phenoxy) is 2. The minimum absolute atomic E-state index is 0.0673. The number of nitrogens with zero attached hydrogens (tertiary/aromatic N) is 1. The van der Waals surface area contributed by atoms with Gasteiger partial charge in [-0.25, -0.2) is 4.79 Å². The molecule has 130 valence electrons. The van der Waals surface area contributed by atoms with Crippen LogP contribution in [0.25, 0.3) is 0 Å². The second-order valence-electron chi connectivity index (χ2n) is 7.05. The van der Waals surface area contributed by atoms with Crippen LogP contribution in [0.1, 0.15) is 25.3 Å². The molecule has 4 atom stereocenters. The van der Waals surface area contributed by atoms with Crippen LogP contribution in [0.4, 0.5) is 4.79 Å². The lowest BCUT2D eigenvalue weighted by atomic mass is 9.82. The van der Waals surface area contributed by atoms with Gasteiger partial charge < -0.3 is 19.7 Å². The summed E-state index contributed by atoms with van der Waals surface area (Å²) in [5, 5.41) is 3.07. The minimum Gasteiger partial charge on any atom is -0.494 e. The van der Waals surface area contributed by atoms with Crippen LogP contribution < -0.4 is 10.1 Å². The number of benzene rings is 1. The van der Waals surface area contributed by atoms with Gasteiger partial charge in [-0.1, -0.05) is 18.2 Å². The molecule has 4 rings (SSSR count). The summed E-state index contributed by atoms with van der Waals surface area (Å²) >= 11 is 0. The third-order valence-electron chi connectivity index (χ3n) is 5.68. The van der Waals surface area contributed by atoms with E-state index in [9.17, 15) is 4.79 Å². The van der Waals surface area contributed by atoms with Gasteiger partial charge in [-0.2, -0.15) is 0 Å². The van der Waals surface area contributed by atoms with Gasteiger partial charge in [0.25, 0.3) is 0 Å². The van der Waals surface area contributed by atoms with Gasteiger partial charge in [0, 0.05) is 31.5 Å². The number of hydrogen-bond acceptors (Lipinski definition) is 3. The van der Waals surface area contributed by atoms with Crippen molar-refractivity contribution in [2.45, 2.75) is 38.4 Å². The molecule has 0 unspecified atom stereocenters. The van der Waals surface area contributed by atoms with E-state index in [1.807, 2.05) is 30.0 Å². The highest BCUT2D eigenvalue weighted by molar-refractivity contribution is 5.74. The van der Waals surface area contributed by atoms with Crippen molar-refractivity contribution in [3.8, 4) is 5.75 Å². The number of amides is 2. The van der Waals surface area contributed by atoms with Gasteiger partial charge in [-0.3, -0.25) is 0 Å². The van der Waals surface area contributed by atoms with Crippen LogP contribution in [0.5, 0.6) is 5.75 Å². The number of carbonyl (C=O) groups is 1. The number of para-hydroxylation sites is 1. The zero-order chi connectivity index (χ0) is 16.5. The second kappa shape index (κ2) is 6.63. The summed E-state index contributed by atoms with van der Waals surface area (Å²) in [4.78, 5) is 14.4. The Bertz CT molecular complexity index is 588. The van der Waals surface area contributed by atoms with Crippen molar-refractivity contribution in [3.05, 3.63) is 29.8 Å². The molecule has 3 fully saturated rings. The Morgan fingerprint density at radius 1 is 1.25 bits per heavy atom. The average Bonchev–Trinajstić information content (AvgIpc) is 3.29. The molecular formula is C19H26N2O3. The van der Waals surface area contributed by atoms with Gasteiger partial charge in [0.15, 0.2) is 0 Å². The lowest BCUT2D eigenvalue weighted by Crippen LogP contribution is -2.40. The maximum absolute atomic E-state index is 12.5. The van der Waals surface area contributed by atoms with Gasteiger partial charge >= 0.3 is 6.03 Å². The maximum Gasteiger partial charge on any atom is 0.317 e. The maximum atomic E-state index is 12.5. The first-order valence-corrected chi connectivity index (χ1v) is 9.15. The van der Waals surface area contributed by atoms with Crippen LogP contribution in [-0.4, -0.2) is 49.4 Å². The lowest BCUT2D eigenvalue weighted by molar-refractivity contribution is 0.0739. The Labute approximate surface area is 143 Å². The first kappa shape index (κ1) is 15.8. The van der Waals surface area contributed by atoms with Crippen LogP contribution in [0.3, 0.4) is 0 Å². The summed E-state index contributed by atoms with van der Waals surface area (Å²) < 4.78 is 11.6. The predicted molar refractivity (Wildman–Crippen MR) is 91.2 cm³/mol. The van der Waals surface area contributed by atoms with E-state index >= 15 is 0 Å². The molecule has 0 radical (unpaired) electrons. The largest absolute Gasteiger partial charge is 0.494 e. The molecule has 24 heavy (non-hydrogen) atoms. The fraction of sp³-hybridized carbons (Fsp3) is 0.632. The molecule has 2 bridgehead atoms. The van der Waals surface area contributed by atoms with E-state index in [0.29, 0.717) is 37.2 Å². The van der Waals surface area contributed by atoms with E-state index in [2.05, 4.69) is 11.4 Å². The summed E-state index contributed by atoms with van der Waals surface area (Å²) in [5.74, 6) is 2.04. The highest BCUT2D eigenvalue weighted by atomic mass is 16.5. The van der Waals surface area contributed by atoms with Crippen molar-refractivity contribution >= 4 is 6.03 Å². The van der Waals surface area contributed by atoms with Gasteiger partial charge in [0.1, 0.15) is 5.75 Å². The molecule has 3 aliphatic rings. The first-order chi connectivity index (χ1) is 11.8. The highest BCUT2D eigenvalue weighted by Gasteiger charge is 2.53. The number of nitrogens with one attached hydrogen (secondary N) is 1. The molecule has 0 aliphatic carbocycles. The summed E-state index contributed by atoms with van der Waals surface area (Å²) in [5.41, 5.74) is 1.14. The average molecular weight is 330 g/mol. The Kier molecular flexibility index (Phi) is 4.35. The summed E-state index contributed by atoms with van der Waals surface area (Å²) in [7, 11) is 0. The summed E-state index contributed by atoms with van der Waals surface area (Å²) in [6.45, 7) is 4.99. The second-order valence-corrected chi connectivity index (χ2v) is 7.05. The molecule has 1 aromatic carbocycles. The molecule has 1 aromatic rings. The quantitative estimate of drug-likeness (QED) is 0.902. The van der Waals surface area contributed by atoms with E-state index in [0.717, 1.165) is 30.8 Å². The fourth-order valence-corrected chi connectivity index (χ4v) is 4.55. The number of hydrogen-bond donors (Lipinski definition) is 1. The molecule has 3 aliphatic heterocycles. The molecule has 0 saturated carbocycles. The van der Waals surface area contributed by atoms with E-state index in [-0.39, 0.29) is 6.03 Å². The molecular weight excluding hydrogens is 304 g/mol. The monoisotopic (exact) mass is 330 g/mol. The van der Waals surface area contributed by atoms with Gasteiger partial charge in [0.2, 0.25) is 0 Å². The van der Waals surface area contributed by atoms with E-state index < -0.39 is 0 Å². The van der Waals surface area contributed by atoms with Crippen molar-refractivity contribution < 1.29 is 14.3 Å². The zero-order valence-corrected chi connectivity index (χ0v) is 14.2. The molecule has 0 aromatic heterocycles. The predicted octanol–water partition coefficient (Wildman–Crippen LogP) is 2.45. The zero-order valence-electron chi connectivity index (χ0n) is 14.2. The van der Waals surface area contributed by atoms with Crippen LogP contribution >= 0.6 is 0 Å². The Hall–Kier alpha value is -1.75. The lowest BCUT2D eigenvalue weighted by Gasteiger charge is -2.19. The first-order valence-electron chi connectivity index (χ1n) is 9.15. The standard InChI is InChI=1S/C19H26N2O3/c1-2-23-16-6-4-3-5-13(16)9-10-20-19(22)21-11-14-15(12-21)18-8-7-17(14)24-18/h3-6,14-15,17-18H,2,7-12H2,1H3,(H,20,22)/t14-,15-,17+,18+/m0/s1. The third-order valence-corrected chi connectivity index (χ3v) is 5.68. The fourth-order valence-electron chi connectivity index (χ4n) is 4.55. The van der Waals surface area contributed by atoms with Crippen molar-refractivity contribution in [3.63, 3.8) is 0 Å². The molecule has 2 amide bonds. The molecule has 0 spiro atoms. The van der Waals surface area contributed by atoms with Crippen molar-refractivity contribution in [2.75, 3.05) is 26.2 Å². The van der Waals surface area contributed by atoms with Crippen LogP contribution in [-0.2, 0) is 11.2 Å². The van der Waals surface area contributed by atoms with Crippen molar-refractivity contribution in [1.29, 1.82) is 0 Å².